The second-order valence-corrected chi connectivity index (χ2v) is 7.13. The van der Waals surface area contributed by atoms with Gasteiger partial charge in [0.1, 0.15) is 5.76 Å². The third-order valence-corrected chi connectivity index (χ3v) is 4.87. The monoisotopic (exact) mass is 396 g/mol. The van der Waals surface area contributed by atoms with E-state index in [0.29, 0.717) is 12.1 Å². The number of amides is 1. The third-order valence-electron chi connectivity index (χ3n) is 4.87. The summed E-state index contributed by atoms with van der Waals surface area (Å²) in [4.78, 5) is 39.0. The predicted molar refractivity (Wildman–Crippen MR) is 106 cm³/mol. The van der Waals surface area contributed by atoms with E-state index in [1.165, 1.54) is 23.1 Å². The molecule has 1 heterocycles. The quantitative estimate of drug-likeness (QED) is 0.251. The summed E-state index contributed by atoms with van der Waals surface area (Å²) in [6.45, 7) is 0.755. The SMILES string of the molecule is C[NH+](C)CCN1C(=O)C(=O)C(=C(O)c2ccccc2)[C@@H]1c1ccccc1[N+](=O)[O-]. The fourth-order valence-electron chi connectivity index (χ4n) is 3.41. The number of aliphatic hydroxyl groups excluding tert-OH is 1. The molecule has 0 aliphatic carbocycles. The average Bonchev–Trinajstić information content (AvgIpc) is 2.96. The highest BCUT2D eigenvalue weighted by molar-refractivity contribution is 6.46. The minimum atomic E-state index is -1.03. The number of ketones is 1. The van der Waals surface area contributed by atoms with Crippen LogP contribution in [0.1, 0.15) is 17.2 Å². The van der Waals surface area contributed by atoms with Crippen molar-refractivity contribution in [1.29, 1.82) is 0 Å². The number of rotatable bonds is 6. The second-order valence-electron chi connectivity index (χ2n) is 7.13. The number of aliphatic hydroxyl groups is 1. The Labute approximate surface area is 167 Å². The van der Waals surface area contributed by atoms with Gasteiger partial charge in [0, 0.05) is 11.6 Å². The van der Waals surface area contributed by atoms with Crippen LogP contribution in [0.2, 0.25) is 0 Å². The molecule has 1 aliphatic rings. The molecule has 0 unspecified atom stereocenters. The summed E-state index contributed by atoms with van der Waals surface area (Å²) >= 11 is 0. The fraction of sp³-hybridized carbons (Fsp3) is 0.238. The lowest BCUT2D eigenvalue weighted by atomic mass is 9.94. The zero-order valence-electron chi connectivity index (χ0n) is 16.2. The molecule has 3 rings (SSSR count). The van der Waals surface area contributed by atoms with Crippen LogP contribution in [0.15, 0.2) is 60.2 Å². The van der Waals surface area contributed by atoms with Crippen LogP contribution in [-0.4, -0.2) is 53.8 Å². The topological polar surface area (TPSA) is 105 Å². The molecule has 2 N–H and O–H groups in total. The number of benzene rings is 2. The molecule has 0 saturated carbocycles. The Hall–Kier alpha value is -3.52. The van der Waals surface area contributed by atoms with E-state index in [1.807, 2.05) is 14.1 Å². The van der Waals surface area contributed by atoms with Gasteiger partial charge in [0.15, 0.2) is 0 Å². The summed E-state index contributed by atoms with van der Waals surface area (Å²) < 4.78 is 0. The number of likely N-dealkylation sites (N-methyl/N-ethyl adjacent to an activating group) is 1. The molecule has 8 nitrogen and oxygen atoms in total. The van der Waals surface area contributed by atoms with Gasteiger partial charge in [0.2, 0.25) is 0 Å². The van der Waals surface area contributed by atoms with Crippen molar-refractivity contribution >= 4 is 23.1 Å². The zero-order chi connectivity index (χ0) is 21.1. The number of para-hydroxylation sites is 1. The minimum absolute atomic E-state index is 0.135. The van der Waals surface area contributed by atoms with Gasteiger partial charge in [-0.2, -0.15) is 0 Å². The molecule has 1 aliphatic heterocycles. The van der Waals surface area contributed by atoms with Crippen LogP contribution in [0, 0.1) is 10.1 Å². The summed E-state index contributed by atoms with van der Waals surface area (Å²) in [6.07, 6.45) is 0. The Morgan fingerprint density at radius 1 is 1.10 bits per heavy atom. The normalized spacial score (nSPS) is 18.4. The Kier molecular flexibility index (Phi) is 5.74. The molecule has 8 heteroatoms. The standard InChI is InChI=1S/C21H21N3O5/c1-22(2)12-13-23-18(15-10-6-7-11-16(15)24(28)29)17(20(26)21(23)27)19(25)14-8-4-3-5-9-14/h3-11,18,25H,12-13H2,1-2H3/p+1/t18-/m0/s1. The van der Waals surface area contributed by atoms with Crippen molar-refractivity contribution in [3.63, 3.8) is 0 Å². The Bertz CT molecular complexity index is 985. The highest BCUT2D eigenvalue weighted by Gasteiger charge is 2.48. The number of quaternary nitrogens is 1. The van der Waals surface area contributed by atoms with Crippen molar-refractivity contribution in [2.24, 2.45) is 0 Å². The number of likely N-dealkylation sites (tertiary alicyclic amines) is 1. The van der Waals surface area contributed by atoms with E-state index < -0.39 is 22.7 Å². The number of nitro groups is 1. The van der Waals surface area contributed by atoms with E-state index in [-0.39, 0.29) is 29.1 Å². The second kappa shape index (κ2) is 8.24. The van der Waals surface area contributed by atoms with Crippen molar-refractivity contribution < 1.29 is 24.5 Å². The molecule has 1 atom stereocenters. The summed E-state index contributed by atoms with van der Waals surface area (Å²) in [7, 11) is 3.81. The number of nitrogens with one attached hydrogen (secondary N) is 1. The molecule has 1 fully saturated rings. The highest BCUT2D eigenvalue weighted by atomic mass is 16.6. The lowest BCUT2D eigenvalue weighted by Gasteiger charge is -2.25. The molecule has 29 heavy (non-hydrogen) atoms. The molecule has 1 amide bonds. The fourth-order valence-corrected chi connectivity index (χ4v) is 3.41. The Balaban J connectivity index is 2.22. The molecular formula is C21H22N3O5+. The molecule has 0 radical (unpaired) electrons. The average molecular weight is 396 g/mol. The summed E-state index contributed by atoms with van der Waals surface area (Å²) in [5, 5.41) is 22.5. The van der Waals surface area contributed by atoms with Crippen molar-refractivity contribution in [3.05, 3.63) is 81.4 Å². The maximum Gasteiger partial charge on any atom is 0.295 e. The van der Waals surface area contributed by atoms with Crippen LogP contribution in [0.3, 0.4) is 0 Å². The summed E-state index contributed by atoms with van der Waals surface area (Å²) in [5.41, 5.74) is 0.222. The first-order chi connectivity index (χ1) is 13.8. The highest BCUT2D eigenvalue weighted by Crippen LogP contribution is 2.42. The molecule has 150 valence electrons. The Morgan fingerprint density at radius 2 is 1.72 bits per heavy atom. The van der Waals surface area contributed by atoms with Crippen LogP contribution in [0.25, 0.3) is 5.76 Å². The number of carbonyl (C=O) groups is 2. The zero-order valence-corrected chi connectivity index (χ0v) is 16.2. The van der Waals surface area contributed by atoms with Gasteiger partial charge in [-0.05, 0) is 6.07 Å². The van der Waals surface area contributed by atoms with E-state index in [1.54, 1.807) is 36.4 Å². The molecule has 0 spiro atoms. The van der Waals surface area contributed by atoms with Crippen LogP contribution >= 0.6 is 0 Å². The van der Waals surface area contributed by atoms with E-state index in [0.717, 1.165) is 4.90 Å². The first-order valence-electron chi connectivity index (χ1n) is 9.19. The van der Waals surface area contributed by atoms with Crippen LogP contribution in [0.5, 0.6) is 0 Å². The van der Waals surface area contributed by atoms with E-state index >= 15 is 0 Å². The first kappa shape index (κ1) is 20.2. The van der Waals surface area contributed by atoms with Crippen LogP contribution in [-0.2, 0) is 9.59 Å². The number of hydrogen-bond donors (Lipinski definition) is 2. The minimum Gasteiger partial charge on any atom is -0.507 e. The molecule has 2 aromatic carbocycles. The van der Waals surface area contributed by atoms with Crippen molar-refractivity contribution in [2.75, 3.05) is 27.2 Å². The lowest BCUT2D eigenvalue weighted by Crippen LogP contribution is -3.06. The van der Waals surface area contributed by atoms with Gasteiger partial charge in [-0.25, -0.2) is 0 Å². The van der Waals surface area contributed by atoms with E-state index in [2.05, 4.69) is 0 Å². The van der Waals surface area contributed by atoms with Gasteiger partial charge in [0.05, 0.1) is 49.3 Å². The molecule has 0 aromatic heterocycles. The lowest BCUT2D eigenvalue weighted by molar-refractivity contribution is -0.857. The number of carbonyl (C=O) groups excluding carboxylic acids is 2. The first-order valence-corrected chi connectivity index (χ1v) is 9.19. The van der Waals surface area contributed by atoms with Crippen LogP contribution < -0.4 is 4.90 Å². The van der Waals surface area contributed by atoms with Crippen molar-refractivity contribution in [1.82, 2.24) is 4.90 Å². The van der Waals surface area contributed by atoms with E-state index in [4.69, 9.17) is 0 Å². The van der Waals surface area contributed by atoms with Crippen molar-refractivity contribution in [2.45, 2.75) is 6.04 Å². The van der Waals surface area contributed by atoms with Crippen LogP contribution in [0.4, 0.5) is 5.69 Å². The van der Waals surface area contributed by atoms with E-state index in [9.17, 15) is 24.8 Å². The molecule has 0 bridgehead atoms. The molecular weight excluding hydrogens is 374 g/mol. The van der Waals surface area contributed by atoms with Gasteiger partial charge in [0.25, 0.3) is 17.4 Å². The van der Waals surface area contributed by atoms with Gasteiger partial charge in [-0.3, -0.25) is 19.7 Å². The predicted octanol–water partition coefficient (Wildman–Crippen LogP) is 1.16. The van der Waals surface area contributed by atoms with Gasteiger partial charge in [-0.15, -0.1) is 0 Å². The molecule has 2 aromatic rings. The number of nitro benzene ring substituents is 1. The van der Waals surface area contributed by atoms with Gasteiger partial charge in [-0.1, -0.05) is 42.5 Å². The van der Waals surface area contributed by atoms with Gasteiger partial charge < -0.3 is 14.9 Å². The van der Waals surface area contributed by atoms with Crippen molar-refractivity contribution in [3.8, 4) is 0 Å². The number of hydrogen-bond acceptors (Lipinski definition) is 5. The molecule has 1 saturated heterocycles. The smallest absolute Gasteiger partial charge is 0.295 e. The summed E-state index contributed by atoms with van der Waals surface area (Å²) in [6, 6.07) is 13.3. The van der Waals surface area contributed by atoms with Gasteiger partial charge >= 0.3 is 0 Å². The number of nitrogens with zero attached hydrogens (tertiary/aromatic N) is 2. The maximum absolute atomic E-state index is 12.9. The third kappa shape index (κ3) is 3.88. The summed E-state index contributed by atoms with van der Waals surface area (Å²) in [5.74, 6) is -1.96. The largest absolute Gasteiger partial charge is 0.507 e. The number of Topliss-reactive ketones (excluding diaryl/α,β-unsaturated/α-hetero) is 1. The maximum atomic E-state index is 12.9. The Morgan fingerprint density at radius 3 is 2.34 bits per heavy atom.